The number of likely N-dealkylation sites (N-methyl/N-ethyl adjacent to an activating group) is 1. The molecule has 2 rings (SSSR count). The standard InChI is InChI=1S/C11H19N7O/c1-7(2)19-5-4-18(3)10-8-6-13-17-9(8)14-11(15-10)16-12/h6-7H,4-5,12H2,1-3H3,(H2,13,14,15,16,17). The summed E-state index contributed by atoms with van der Waals surface area (Å²) in [5.74, 6) is 6.48. The third-order valence-corrected chi connectivity index (χ3v) is 2.66. The van der Waals surface area contributed by atoms with Crippen molar-refractivity contribution in [2.45, 2.75) is 20.0 Å². The van der Waals surface area contributed by atoms with Crippen LogP contribution in [-0.4, -0.2) is 46.5 Å². The average Bonchev–Trinajstić information content (AvgIpc) is 2.84. The fraction of sp³-hybridized carbons (Fsp3) is 0.545. The molecule has 2 heterocycles. The molecule has 0 aliphatic rings. The number of anilines is 2. The summed E-state index contributed by atoms with van der Waals surface area (Å²) in [6.45, 7) is 5.37. The Hall–Kier alpha value is -1.93. The first-order chi connectivity index (χ1) is 9.11. The Morgan fingerprint density at radius 3 is 2.95 bits per heavy atom. The van der Waals surface area contributed by atoms with Crippen LogP contribution in [0.2, 0.25) is 0 Å². The van der Waals surface area contributed by atoms with E-state index in [9.17, 15) is 0 Å². The molecule has 0 aliphatic carbocycles. The van der Waals surface area contributed by atoms with Crippen LogP contribution in [0.5, 0.6) is 0 Å². The van der Waals surface area contributed by atoms with Gasteiger partial charge in [0.1, 0.15) is 5.82 Å². The highest BCUT2D eigenvalue weighted by Gasteiger charge is 2.12. The van der Waals surface area contributed by atoms with Gasteiger partial charge in [0, 0.05) is 13.6 Å². The maximum atomic E-state index is 5.54. The predicted octanol–water partition coefficient (Wildman–Crippen LogP) is 0.500. The Balaban J connectivity index is 2.19. The van der Waals surface area contributed by atoms with Crippen molar-refractivity contribution in [3.05, 3.63) is 6.20 Å². The molecule has 0 aliphatic heterocycles. The molecule has 0 bridgehead atoms. The molecule has 19 heavy (non-hydrogen) atoms. The van der Waals surface area contributed by atoms with Crippen molar-refractivity contribution < 1.29 is 4.74 Å². The molecule has 8 heteroatoms. The van der Waals surface area contributed by atoms with Gasteiger partial charge >= 0.3 is 0 Å². The monoisotopic (exact) mass is 265 g/mol. The average molecular weight is 265 g/mol. The lowest BCUT2D eigenvalue weighted by molar-refractivity contribution is 0.0845. The first kappa shape index (κ1) is 13.5. The molecule has 0 amide bonds. The van der Waals surface area contributed by atoms with Crippen LogP contribution in [0, 0.1) is 0 Å². The summed E-state index contributed by atoms with van der Waals surface area (Å²) in [6, 6.07) is 0. The molecule has 4 N–H and O–H groups in total. The molecule has 2 aromatic heterocycles. The van der Waals surface area contributed by atoms with Crippen LogP contribution in [0.1, 0.15) is 13.8 Å². The minimum atomic E-state index is 0.217. The van der Waals surface area contributed by atoms with Gasteiger partial charge in [0.2, 0.25) is 5.95 Å². The smallest absolute Gasteiger partial charge is 0.241 e. The Kier molecular flexibility index (Phi) is 4.13. The lowest BCUT2D eigenvalue weighted by Gasteiger charge is -2.19. The van der Waals surface area contributed by atoms with E-state index in [1.165, 1.54) is 0 Å². The molecule has 0 spiro atoms. The second-order valence-corrected chi connectivity index (χ2v) is 4.49. The van der Waals surface area contributed by atoms with Gasteiger partial charge in [-0.2, -0.15) is 15.1 Å². The van der Waals surface area contributed by atoms with E-state index in [0.717, 1.165) is 17.7 Å². The van der Waals surface area contributed by atoms with Gasteiger partial charge in [-0.1, -0.05) is 0 Å². The Morgan fingerprint density at radius 2 is 2.26 bits per heavy atom. The molecule has 0 radical (unpaired) electrons. The van der Waals surface area contributed by atoms with E-state index in [0.29, 0.717) is 18.2 Å². The Morgan fingerprint density at radius 1 is 1.47 bits per heavy atom. The van der Waals surface area contributed by atoms with Crippen molar-refractivity contribution in [1.82, 2.24) is 20.2 Å². The zero-order chi connectivity index (χ0) is 13.8. The lowest BCUT2D eigenvalue weighted by atomic mass is 10.3. The highest BCUT2D eigenvalue weighted by molar-refractivity contribution is 5.87. The summed E-state index contributed by atoms with van der Waals surface area (Å²) in [6.07, 6.45) is 1.92. The molecule has 0 fully saturated rings. The number of hydrogen-bond donors (Lipinski definition) is 3. The molecule has 104 valence electrons. The number of nitrogens with one attached hydrogen (secondary N) is 2. The van der Waals surface area contributed by atoms with Crippen LogP contribution in [-0.2, 0) is 4.74 Å². The topological polar surface area (TPSA) is 105 Å². The summed E-state index contributed by atoms with van der Waals surface area (Å²) in [7, 11) is 1.94. The fourth-order valence-electron chi connectivity index (χ4n) is 1.71. The number of fused-ring (bicyclic) bond motifs is 1. The van der Waals surface area contributed by atoms with Gasteiger partial charge < -0.3 is 9.64 Å². The summed E-state index contributed by atoms with van der Waals surface area (Å²) in [5.41, 5.74) is 3.10. The number of ether oxygens (including phenoxy) is 1. The number of H-pyrrole nitrogens is 1. The Labute approximate surface area is 111 Å². The fourth-order valence-corrected chi connectivity index (χ4v) is 1.71. The molecular weight excluding hydrogens is 246 g/mol. The molecule has 0 saturated carbocycles. The van der Waals surface area contributed by atoms with E-state index in [4.69, 9.17) is 10.6 Å². The van der Waals surface area contributed by atoms with Crippen molar-refractivity contribution in [2.75, 3.05) is 30.5 Å². The second kappa shape index (κ2) is 5.81. The molecule has 2 aromatic rings. The number of rotatable bonds is 6. The first-order valence-corrected chi connectivity index (χ1v) is 6.12. The molecule has 0 atom stereocenters. The van der Waals surface area contributed by atoms with E-state index in [-0.39, 0.29) is 6.10 Å². The van der Waals surface area contributed by atoms with Gasteiger partial charge in [0.25, 0.3) is 0 Å². The SMILES string of the molecule is CC(C)OCCN(C)c1nc(NN)nc2[nH]ncc12. The predicted molar refractivity (Wildman–Crippen MR) is 73.9 cm³/mol. The lowest BCUT2D eigenvalue weighted by Crippen LogP contribution is -2.25. The van der Waals surface area contributed by atoms with E-state index in [2.05, 4.69) is 25.6 Å². The van der Waals surface area contributed by atoms with Gasteiger partial charge in [-0.25, -0.2) is 5.84 Å². The summed E-state index contributed by atoms with van der Waals surface area (Å²) >= 11 is 0. The van der Waals surface area contributed by atoms with Gasteiger partial charge in [0.15, 0.2) is 5.65 Å². The highest BCUT2D eigenvalue weighted by Crippen LogP contribution is 2.22. The number of aromatic nitrogens is 4. The maximum absolute atomic E-state index is 5.54. The van der Waals surface area contributed by atoms with E-state index in [1.54, 1.807) is 6.20 Å². The van der Waals surface area contributed by atoms with Gasteiger partial charge in [-0.3, -0.25) is 10.5 Å². The van der Waals surface area contributed by atoms with Crippen LogP contribution in [0.4, 0.5) is 11.8 Å². The zero-order valence-corrected chi connectivity index (χ0v) is 11.3. The number of nitrogen functional groups attached to an aromatic ring is 1. The quantitative estimate of drug-likeness (QED) is 0.516. The zero-order valence-electron chi connectivity index (χ0n) is 11.3. The van der Waals surface area contributed by atoms with Crippen molar-refractivity contribution in [3.63, 3.8) is 0 Å². The first-order valence-electron chi connectivity index (χ1n) is 6.12. The number of aromatic amines is 1. The number of nitrogens with two attached hydrogens (primary N) is 1. The second-order valence-electron chi connectivity index (χ2n) is 4.49. The van der Waals surface area contributed by atoms with Crippen LogP contribution < -0.4 is 16.2 Å². The van der Waals surface area contributed by atoms with Crippen molar-refractivity contribution >= 4 is 22.8 Å². The highest BCUT2D eigenvalue weighted by atomic mass is 16.5. The van der Waals surface area contributed by atoms with Crippen LogP contribution in [0.25, 0.3) is 11.0 Å². The summed E-state index contributed by atoms with van der Waals surface area (Å²) in [4.78, 5) is 10.5. The molecule has 0 unspecified atom stereocenters. The third kappa shape index (κ3) is 3.09. The third-order valence-electron chi connectivity index (χ3n) is 2.66. The molecule has 0 saturated heterocycles. The summed E-state index contributed by atoms with van der Waals surface area (Å²) in [5, 5.41) is 7.64. The van der Waals surface area contributed by atoms with Crippen LogP contribution in [0.3, 0.4) is 0 Å². The van der Waals surface area contributed by atoms with Gasteiger partial charge in [-0.15, -0.1) is 0 Å². The van der Waals surface area contributed by atoms with Gasteiger partial charge in [0.05, 0.1) is 24.3 Å². The van der Waals surface area contributed by atoms with Gasteiger partial charge in [-0.05, 0) is 13.8 Å². The van der Waals surface area contributed by atoms with E-state index >= 15 is 0 Å². The molecular formula is C11H19N7O. The number of hydrazine groups is 1. The maximum Gasteiger partial charge on any atom is 0.241 e. The van der Waals surface area contributed by atoms with Crippen LogP contribution in [0.15, 0.2) is 6.20 Å². The minimum Gasteiger partial charge on any atom is -0.377 e. The van der Waals surface area contributed by atoms with Crippen LogP contribution >= 0.6 is 0 Å². The number of nitrogens with zero attached hydrogens (tertiary/aromatic N) is 4. The number of hydrogen-bond acceptors (Lipinski definition) is 7. The minimum absolute atomic E-state index is 0.217. The molecule has 8 nitrogen and oxygen atoms in total. The normalized spacial score (nSPS) is 11.2. The van der Waals surface area contributed by atoms with Crippen molar-refractivity contribution in [2.24, 2.45) is 5.84 Å². The van der Waals surface area contributed by atoms with E-state index < -0.39 is 0 Å². The Bertz CT molecular complexity index is 539. The molecule has 0 aromatic carbocycles. The van der Waals surface area contributed by atoms with Crippen molar-refractivity contribution in [1.29, 1.82) is 0 Å². The largest absolute Gasteiger partial charge is 0.377 e. The summed E-state index contributed by atoms with van der Waals surface area (Å²) < 4.78 is 5.54. The van der Waals surface area contributed by atoms with Crippen molar-refractivity contribution in [3.8, 4) is 0 Å². The van der Waals surface area contributed by atoms with E-state index in [1.807, 2.05) is 25.8 Å².